The Bertz CT molecular complexity index is 458. The van der Waals surface area contributed by atoms with Gasteiger partial charge in [-0.1, -0.05) is 6.92 Å². The first-order valence-electron chi connectivity index (χ1n) is 5.52. The quantitative estimate of drug-likeness (QED) is 0.504. The predicted molar refractivity (Wildman–Crippen MR) is 69.4 cm³/mol. The van der Waals surface area contributed by atoms with Gasteiger partial charge in [0.15, 0.2) is 5.82 Å². The third kappa shape index (κ3) is 4.25. The third-order valence-electron chi connectivity index (χ3n) is 2.09. The summed E-state index contributed by atoms with van der Waals surface area (Å²) >= 11 is 0. The second-order valence-electron chi connectivity index (χ2n) is 3.53. The van der Waals surface area contributed by atoms with E-state index in [1.165, 1.54) is 12.3 Å². The molecule has 0 aromatic carbocycles. The number of nitrogens with one attached hydrogen (secondary N) is 2. The molecule has 1 heterocycles. The zero-order valence-electron chi connectivity index (χ0n) is 10.0. The average Bonchev–Trinajstić information content (AvgIpc) is 2.36. The number of aromatic nitrogens is 1. The Balaban J connectivity index is 2.96. The number of carboxylic acids is 1. The lowest BCUT2D eigenvalue weighted by molar-refractivity contribution is -0.131. The Morgan fingerprint density at radius 2 is 2.33 bits per heavy atom. The molecule has 1 aromatic heterocycles. The molecule has 0 radical (unpaired) electrons. The summed E-state index contributed by atoms with van der Waals surface area (Å²) in [6, 6.07) is 1.73. The van der Waals surface area contributed by atoms with Crippen LogP contribution in [0.1, 0.15) is 18.9 Å². The van der Waals surface area contributed by atoms with E-state index in [4.69, 9.17) is 5.11 Å². The molecule has 6 nitrogen and oxygen atoms in total. The van der Waals surface area contributed by atoms with E-state index < -0.39 is 5.97 Å². The number of rotatable bonds is 7. The van der Waals surface area contributed by atoms with Gasteiger partial charge < -0.3 is 15.7 Å². The number of pyridine rings is 1. The molecular weight excluding hydrogens is 234 g/mol. The Labute approximate surface area is 105 Å². The van der Waals surface area contributed by atoms with E-state index in [1.54, 1.807) is 6.07 Å². The molecule has 3 N–H and O–H groups in total. The highest BCUT2D eigenvalue weighted by molar-refractivity contribution is 5.86. The van der Waals surface area contributed by atoms with Gasteiger partial charge in [-0.2, -0.15) is 0 Å². The maximum Gasteiger partial charge on any atom is 0.328 e. The molecule has 0 aliphatic carbocycles. The molecule has 0 fully saturated rings. The van der Waals surface area contributed by atoms with Crippen molar-refractivity contribution >= 4 is 30.0 Å². The minimum absolute atomic E-state index is 0.422. The van der Waals surface area contributed by atoms with E-state index in [0.717, 1.165) is 19.0 Å². The lowest BCUT2D eigenvalue weighted by Crippen LogP contribution is -2.06. The molecule has 0 spiro atoms. The SMILES string of the molecule is CCCNc1cc(/C=C/C(=O)O)cnc1NC=O. The minimum Gasteiger partial charge on any atom is -0.478 e. The summed E-state index contributed by atoms with van der Waals surface area (Å²) < 4.78 is 0. The van der Waals surface area contributed by atoms with E-state index in [1.807, 2.05) is 6.92 Å². The highest BCUT2D eigenvalue weighted by Gasteiger charge is 2.03. The summed E-state index contributed by atoms with van der Waals surface area (Å²) in [5, 5.41) is 14.1. The first kappa shape index (κ1) is 13.7. The molecule has 0 atom stereocenters. The van der Waals surface area contributed by atoms with Gasteiger partial charge in [0.05, 0.1) is 5.69 Å². The summed E-state index contributed by atoms with van der Waals surface area (Å²) in [5.74, 6) is -0.598. The van der Waals surface area contributed by atoms with Crippen molar-refractivity contribution in [3.8, 4) is 0 Å². The summed E-state index contributed by atoms with van der Waals surface area (Å²) in [5.41, 5.74) is 1.31. The number of nitrogens with zero attached hydrogens (tertiary/aromatic N) is 1. The molecular formula is C12H15N3O3. The molecule has 1 amide bonds. The molecule has 0 aliphatic rings. The largest absolute Gasteiger partial charge is 0.478 e. The fourth-order valence-electron chi connectivity index (χ4n) is 1.30. The summed E-state index contributed by atoms with van der Waals surface area (Å²) in [7, 11) is 0. The van der Waals surface area contributed by atoms with E-state index in [2.05, 4.69) is 15.6 Å². The summed E-state index contributed by atoms with van der Waals surface area (Å²) in [4.78, 5) is 24.9. The van der Waals surface area contributed by atoms with Crippen LogP contribution in [-0.2, 0) is 9.59 Å². The van der Waals surface area contributed by atoms with Gasteiger partial charge in [-0.05, 0) is 24.1 Å². The van der Waals surface area contributed by atoms with Crippen LogP contribution in [0, 0.1) is 0 Å². The van der Waals surface area contributed by atoms with Crippen LogP contribution in [0.3, 0.4) is 0 Å². The van der Waals surface area contributed by atoms with Gasteiger partial charge in [-0.3, -0.25) is 4.79 Å². The maximum atomic E-state index is 10.4. The fourth-order valence-corrected chi connectivity index (χ4v) is 1.30. The van der Waals surface area contributed by atoms with E-state index in [0.29, 0.717) is 23.5 Å². The number of hydrogen-bond donors (Lipinski definition) is 3. The molecule has 0 unspecified atom stereocenters. The highest BCUT2D eigenvalue weighted by atomic mass is 16.4. The predicted octanol–water partition coefficient (Wildman–Crippen LogP) is 1.57. The second-order valence-corrected chi connectivity index (χ2v) is 3.53. The van der Waals surface area contributed by atoms with Crippen molar-refractivity contribution < 1.29 is 14.7 Å². The smallest absolute Gasteiger partial charge is 0.328 e. The average molecular weight is 249 g/mol. The van der Waals surface area contributed by atoms with Gasteiger partial charge in [-0.15, -0.1) is 0 Å². The van der Waals surface area contributed by atoms with Gasteiger partial charge in [0, 0.05) is 18.8 Å². The number of carbonyl (C=O) groups is 2. The molecule has 0 aliphatic heterocycles. The van der Waals surface area contributed by atoms with Crippen LogP contribution >= 0.6 is 0 Å². The zero-order valence-corrected chi connectivity index (χ0v) is 10.0. The van der Waals surface area contributed by atoms with Crippen molar-refractivity contribution in [2.45, 2.75) is 13.3 Å². The summed E-state index contributed by atoms with van der Waals surface area (Å²) in [6.45, 7) is 2.75. The van der Waals surface area contributed by atoms with E-state index >= 15 is 0 Å². The van der Waals surface area contributed by atoms with Crippen molar-refractivity contribution in [2.24, 2.45) is 0 Å². The first-order valence-corrected chi connectivity index (χ1v) is 5.52. The molecule has 6 heteroatoms. The number of aliphatic carboxylic acids is 1. The van der Waals surface area contributed by atoms with Crippen LogP contribution in [0.2, 0.25) is 0 Å². The van der Waals surface area contributed by atoms with Crippen molar-refractivity contribution in [3.63, 3.8) is 0 Å². The lowest BCUT2D eigenvalue weighted by Gasteiger charge is -2.10. The Hall–Kier alpha value is -2.37. The van der Waals surface area contributed by atoms with Crippen LogP contribution in [0.25, 0.3) is 6.08 Å². The minimum atomic E-state index is -1.02. The number of carbonyl (C=O) groups excluding carboxylic acids is 1. The number of carboxylic acid groups (broad SMARTS) is 1. The van der Waals surface area contributed by atoms with Gasteiger partial charge in [0.2, 0.25) is 6.41 Å². The van der Waals surface area contributed by atoms with Crippen molar-refractivity contribution in [1.29, 1.82) is 0 Å². The normalized spacial score (nSPS) is 10.3. The first-order chi connectivity index (χ1) is 8.67. The fraction of sp³-hybridized carbons (Fsp3) is 0.250. The molecule has 1 rings (SSSR count). The van der Waals surface area contributed by atoms with E-state index in [-0.39, 0.29) is 0 Å². The Morgan fingerprint density at radius 3 is 2.94 bits per heavy atom. The lowest BCUT2D eigenvalue weighted by atomic mass is 10.2. The summed E-state index contributed by atoms with van der Waals surface area (Å²) in [6.07, 6.45) is 5.44. The standard InChI is InChI=1S/C12H15N3O3/c1-2-5-13-10-6-9(3-4-11(17)18)7-14-12(10)15-8-16/h3-4,6-8,13H,2,5H2,1H3,(H,17,18)(H,14,15,16)/b4-3+. The van der Waals surface area contributed by atoms with Crippen molar-refractivity contribution in [3.05, 3.63) is 23.9 Å². The van der Waals surface area contributed by atoms with E-state index in [9.17, 15) is 9.59 Å². The monoisotopic (exact) mass is 249 g/mol. The second kappa shape index (κ2) is 7.05. The van der Waals surface area contributed by atoms with Crippen molar-refractivity contribution in [1.82, 2.24) is 4.98 Å². The van der Waals surface area contributed by atoms with Gasteiger partial charge in [0.25, 0.3) is 0 Å². The number of anilines is 2. The van der Waals surface area contributed by atoms with Crippen LogP contribution in [0.5, 0.6) is 0 Å². The van der Waals surface area contributed by atoms with Gasteiger partial charge in [-0.25, -0.2) is 9.78 Å². The van der Waals surface area contributed by atoms with Gasteiger partial charge >= 0.3 is 5.97 Å². The third-order valence-corrected chi connectivity index (χ3v) is 2.09. The molecule has 1 aromatic rings. The topological polar surface area (TPSA) is 91.3 Å². The number of hydrogen-bond acceptors (Lipinski definition) is 4. The Kier molecular flexibility index (Phi) is 5.37. The van der Waals surface area contributed by atoms with Gasteiger partial charge in [0.1, 0.15) is 0 Å². The van der Waals surface area contributed by atoms with Crippen LogP contribution < -0.4 is 10.6 Å². The Morgan fingerprint density at radius 1 is 1.56 bits per heavy atom. The molecule has 0 saturated heterocycles. The van der Waals surface area contributed by atoms with Crippen LogP contribution in [0.15, 0.2) is 18.3 Å². The van der Waals surface area contributed by atoms with Crippen molar-refractivity contribution in [2.75, 3.05) is 17.2 Å². The molecule has 0 bridgehead atoms. The molecule has 96 valence electrons. The molecule has 0 saturated carbocycles. The molecule has 18 heavy (non-hydrogen) atoms. The highest BCUT2D eigenvalue weighted by Crippen LogP contribution is 2.20. The van der Waals surface area contributed by atoms with Crippen LogP contribution in [-0.4, -0.2) is 29.0 Å². The van der Waals surface area contributed by atoms with Crippen LogP contribution in [0.4, 0.5) is 11.5 Å². The number of amides is 1. The maximum absolute atomic E-state index is 10.4. The zero-order chi connectivity index (χ0) is 13.4.